The molecule has 1 aromatic carbocycles. The number of amides is 2. The number of aromatic nitrogens is 1. The molecule has 1 aliphatic rings. The Kier molecular flexibility index (Phi) is 9.73. The number of likely N-dealkylation sites (tertiary alicyclic amines) is 1. The molecule has 1 aliphatic heterocycles. The van der Waals surface area contributed by atoms with Crippen molar-refractivity contribution in [2.24, 2.45) is 0 Å². The normalized spacial score (nSPS) is 16.0. The summed E-state index contributed by atoms with van der Waals surface area (Å²) in [6.45, 7) is 1.55. The number of hydrogen-bond donors (Lipinski definition) is 2. The number of halogens is 2. The molecule has 1 saturated heterocycles. The number of rotatable bonds is 5. The third-order valence-corrected chi connectivity index (χ3v) is 5.13. The minimum Gasteiger partial charge on any atom is -0.341 e. The molecule has 2 heterocycles. The fraction of sp³-hybridized carbons (Fsp3) is 0.389. The van der Waals surface area contributed by atoms with Crippen LogP contribution in [0.3, 0.4) is 0 Å². The summed E-state index contributed by atoms with van der Waals surface area (Å²) in [6, 6.07) is 9.37. The number of piperidine rings is 1. The van der Waals surface area contributed by atoms with Crippen molar-refractivity contribution in [2.75, 3.05) is 25.5 Å². The molecule has 2 N–H and O–H groups in total. The summed E-state index contributed by atoms with van der Waals surface area (Å²) in [5.41, 5.74) is 1.28. The first-order chi connectivity index (χ1) is 12.2. The summed E-state index contributed by atoms with van der Waals surface area (Å²) < 4.78 is 0. The van der Waals surface area contributed by atoms with Crippen LogP contribution < -0.4 is 10.6 Å². The van der Waals surface area contributed by atoms with Gasteiger partial charge in [-0.05, 0) is 32.0 Å². The van der Waals surface area contributed by atoms with Gasteiger partial charge in [0.1, 0.15) is 0 Å². The largest absolute Gasteiger partial charge is 0.341 e. The standard InChI is InChI=1S/C18H22N4O2S.2ClH/c1-19-14-8-5-9-22(11-14)16(23)10-15-12-25-18(20-15)21-17(24)13-6-3-2-4-7-13;;/h2-4,6-7,12,14,19H,5,8-11H2,1H3,(H,20,21,24);2*1H. The van der Waals surface area contributed by atoms with Crippen molar-refractivity contribution >= 4 is 53.1 Å². The van der Waals surface area contributed by atoms with Crippen LogP contribution in [-0.4, -0.2) is 47.9 Å². The van der Waals surface area contributed by atoms with Gasteiger partial charge in [-0.15, -0.1) is 36.2 Å². The molecule has 148 valence electrons. The van der Waals surface area contributed by atoms with Crippen molar-refractivity contribution in [2.45, 2.75) is 25.3 Å². The van der Waals surface area contributed by atoms with Crippen molar-refractivity contribution in [3.8, 4) is 0 Å². The topological polar surface area (TPSA) is 74.3 Å². The SMILES string of the molecule is CNC1CCCN(C(=O)Cc2csc(NC(=O)c3ccccc3)n2)C1.Cl.Cl. The van der Waals surface area contributed by atoms with E-state index in [9.17, 15) is 9.59 Å². The Morgan fingerprint density at radius 3 is 2.70 bits per heavy atom. The van der Waals surface area contributed by atoms with Crippen LogP contribution in [0.5, 0.6) is 0 Å². The summed E-state index contributed by atoms with van der Waals surface area (Å²) in [4.78, 5) is 30.9. The van der Waals surface area contributed by atoms with Gasteiger partial charge >= 0.3 is 0 Å². The third-order valence-electron chi connectivity index (χ3n) is 4.32. The summed E-state index contributed by atoms with van der Waals surface area (Å²) in [6.07, 6.45) is 2.40. The molecule has 0 aliphatic carbocycles. The monoisotopic (exact) mass is 430 g/mol. The van der Waals surface area contributed by atoms with Crippen molar-refractivity contribution in [3.63, 3.8) is 0 Å². The highest BCUT2D eigenvalue weighted by Gasteiger charge is 2.23. The number of carbonyl (C=O) groups is 2. The second kappa shape index (κ2) is 11.2. The molecule has 9 heteroatoms. The first-order valence-electron chi connectivity index (χ1n) is 8.41. The average Bonchev–Trinajstić information content (AvgIpc) is 3.09. The van der Waals surface area contributed by atoms with E-state index in [1.807, 2.05) is 35.5 Å². The van der Waals surface area contributed by atoms with Gasteiger partial charge in [0.2, 0.25) is 5.91 Å². The van der Waals surface area contributed by atoms with Gasteiger partial charge in [-0.1, -0.05) is 18.2 Å². The highest BCUT2D eigenvalue weighted by atomic mass is 35.5. The molecular weight excluding hydrogens is 407 g/mol. The minimum atomic E-state index is -0.194. The van der Waals surface area contributed by atoms with Gasteiger partial charge in [0.25, 0.3) is 5.91 Å². The molecule has 2 amide bonds. The Bertz CT molecular complexity index is 742. The number of nitrogens with one attached hydrogen (secondary N) is 2. The quantitative estimate of drug-likeness (QED) is 0.764. The van der Waals surface area contributed by atoms with Gasteiger partial charge in [0.15, 0.2) is 5.13 Å². The minimum absolute atomic E-state index is 0. The first-order valence-corrected chi connectivity index (χ1v) is 9.29. The Labute approximate surface area is 175 Å². The summed E-state index contributed by atoms with van der Waals surface area (Å²) in [5, 5.41) is 8.37. The van der Waals surface area contributed by atoms with E-state index in [1.54, 1.807) is 12.1 Å². The molecule has 0 bridgehead atoms. The van der Waals surface area contributed by atoms with Gasteiger partial charge in [-0.2, -0.15) is 0 Å². The lowest BCUT2D eigenvalue weighted by Crippen LogP contribution is -2.47. The van der Waals surface area contributed by atoms with Crippen LogP contribution in [0.2, 0.25) is 0 Å². The van der Waals surface area contributed by atoms with Crippen LogP contribution in [0.25, 0.3) is 0 Å². The molecular formula is C18H24Cl2N4O2S. The van der Waals surface area contributed by atoms with Crippen molar-refractivity contribution in [3.05, 3.63) is 47.0 Å². The second-order valence-electron chi connectivity index (χ2n) is 6.11. The van der Waals surface area contributed by atoms with Crippen molar-refractivity contribution < 1.29 is 9.59 Å². The summed E-state index contributed by atoms with van der Waals surface area (Å²) in [5.74, 6) is -0.105. The van der Waals surface area contributed by atoms with Crippen LogP contribution in [-0.2, 0) is 11.2 Å². The lowest BCUT2D eigenvalue weighted by Gasteiger charge is -2.32. The maximum Gasteiger partial charge on any atom is 0.257 e. The van der Waals surface area contributed by atoms with Crippen LogP contribution in [0, 0.1) is 0 Å². The number of likely N-dealkylation sites (N-methyl/N-ethyl adjacent to an activating group) is 1. The van der Waals surface area contributed by atoms with E-state index in [4.69, 9.17) is 0 Å². The fourth-order valence-electron chi connectivity index (χ4n) is 2.91. The maximum atomic E-state index is 12.5. The molecule has 2 aromatic rings. The molecule has 1 atom stereocenters. The highest BCUT2D eigenvalue weighted by molar-refractivity contribution is 7.14. The van der Waals surface area contributed by atoms with Gasteiger partial charge in [-0.3, -0.25) is 14.9 Å². The van der Waals surface area contributed by atoms with E-state index in [-0.39, 0.29) is 43.0 Å². The molecule has 1 unspecified atom stereocenters. The number of hydrogen-bond acceptors (Lipinski definition) is 5. The van der Waals surface area contributed by atoms with Crippen LogP contribution >= 0.6 is 36.2 Å². The van der Waals surface area contributed by atoms with E-state index >= 15 is 0 Å². The van der Waals surface area contributed by atoms with Crippen molar-refractivity contribution in [1.82, 2.24) is 15.2 Å². The number of nitrogens with zero attached hydrogens (tertiary/aromatic N) is 2. The van der Waals surface area contributed by atoms with E-state index in [0.717, 1.165) is 25.9 Å². The highest BCUT2D eigenvalue weighted by Crippen LogP contribution is 2.18. The molecule has 3 rings (SSSR count). The van der Waals surface area contributed by atoms with Crippen molar-refractivity contribution in [1.29, 1.82) is 0 Å². The summed E-state index contributed by atoms with van der Waals surface area (Å²) >= 11 is 1.34. The molecule has 6 nitrogen and oxygen atoms in total. The Morgan fingerprint density at radius 2 is 2.00 bits per heavy atom. The van der Waals surface area contributed by atoms with Crippen LogP contribution in [0.4, 0.5) is 5.13 Å². The summed E-state index contributed by atoms with van der Waals surface area (Å²) in [7, 11) is 1.93. The van der Waals surface area contributed by atoms with Crippen LogP contribution in [0.1, 0.15) is 28.9 Å². The molecule has 1 fully saturated rings. The predicted octanol–water partition coefficient (Wildman–Crippen LogP) is 2.99. The zero-order valence-electron chi connectivity index (χ0n) is 15.0. The molecule has 27 heavy (non-hydrogen) atoms. The zero-order valence-corrected chi connectivity index (χ0v) is 17.5. The van der Waals surface area contributed by atoms with Gasteiger partial charge in [0, 0.05) is 30.1 Å². The van der Waals surface area contributed by atoms with E-state index in [2.05, 4.69) is 15.6 Å². The second-order valence-corrected chi connectivity index (χ2v) is 6.97. The Morgan fingerprint density at radius 1 is 1.26 bits per heavy atom. The molecule has 1 aromatic heterocycles. The lowest BCUT2D eigenvalue weighted by atomic mass is 10.1. The van der Waals surface area contributed by atoms with Gasteiger partial charge in [0.05, 0.1) is 12.1 Å². The smallest absolute Gasteiger partial charge is 0.257 e. The number of thiazole rings is 1. The van der Waals surface area contributed by atoms with E-state index < -0.39 is 0 Å². The molecule has 0 saturated carbocycles. The van der Waals surface area contributed by atoms with Gasteiger partial charge < -0.3 is 10.2 Å². The lowest BCUT2D eigenvalue weighted by molar-refractivity contribution is -0.131. The number of anilines is 1. The van der Waals surface area contributed by atoms with E-state index in [1.165, 1.54) is 11.3 Å². The third kappa shape index (κ3) is 6.46. The predicted molar refractivity (Wildman–Crippen MR) is 113 cm³/mol. The van der Waals surface area contributed by atoms with E-state index in [0.29, 0.717) is 22.4 Å². The Balaban J connectivity index is 0.00000182. The zero-order chi connectivity index (χ0) is 17.6. The van der Waals surface area contributed by atoms with Gasteiger partial charge in [-0.25, -0.2) is 4.98 Å². The molecule has 0 spiro atoms. The average molecular weight is 431 g/mol. The van der Waals surface area contributed by atoms with Crippen LogP contribution in [0.15, 0.2) is 35.7 Å². The maximum absolute atomic E-state index is 12.5. The number of benzene rings is 1. The number of carbonyl (C=O) groups excluding carboxylic acids is 2. The fourth-order valence-corrected chi connectivity index (χ4v) is 3.62. The Hall–Kier alpha value is -1.67. The molecule has 0 radical (unpaired) electrons. The first kappa shape index (κ1) is 23.4.